The highest BCUT2D eigenvalue weighted by Crippen LogP contribution is 2.13. The molecule has 1 aromatic heterocycles. The molecule has 18 heavy (non-hydrogen) atoms. The first-order valence-corrected chi connectivity index (χ1v) is 6.34. The maximum absolute atomic E-state index is 11.6. The maximum Gasteiger partial charge on any atom is 0.226 e. The van der Waals surface area contributed by atoms with E-state index in [0.29, 0.717) is 19.1 Å². The van der Waals surface area contributed by atoms with Crippen LogP contribution in [0.25, 0.3) is 0 Å². The van der Waals surface area contributed by atoms with Gasteiger partial charge in [0, 0.05) is 32.4 Å². The molecular formula is C13H24N4O. The topological polar surface area (TPSA) is 59.0 Å². The summed E-state index contributed by atoms with van der Waals surface area (Å²) in [5.74, 6) is 0.0442. The molecule has 5 heteroatoms. The summed E-state index contributed by atoms with van der Waals surface area (Å²) in [5.41, 5.74) is 0.589. The van der Waals surface area contributed by atoms with Gasteiger partial charge < -0.3 is 10.6 Å². The van der Waals surface area contributed by atoms with Crippen LogP contribution in [0.4, 0.5) is 0 Å². The number of rotatable bonds is 6. The summed E-state index contributed by atoms with van der Waals surface area (Å²) in [5, 5.41) is 10.4. The normalized spacial score (nSPS) is 11.9. The lowest BCUT2D eigenvalue weighted by molar-refractivity contribution is -0.128. The molecule has 0 saturated heterocycles. The number of aromatic nitrogens is 2. The van der Waals surface area contributed by atoms with Crippen molar-refractivity contribution in [1.82, 2.24) is 20.4 Å². The van der Waals surface area contributed by atoms with Crippen molar-refractivity contribution in [2.75, 3.05) is 13.6 Å². The molecule has 1 rings (SSSR count). The highest BCUT2D eigenvalue weighted by molar-refractivity contribution is 5.81. The van der Waals surface area contributed by atoms with Crippen LogP contribution in [0.2, 0.25) is 0 Å². The van der Waals surface area contributed by atoms with E-state index in [4.69, 9.17) is 0 Å². The van der Waals surface area contributed by atoms with Gasteiger partial charge in [-0.15, -0.1) is 0 Å². The summed E-state index contributed by atoms with van der Waals surface area (Å²) in [7, 11) is 1.66. The van der Waals surface area contributed by atoms with Gasteiger partial charge in [0.1, 0.15) is 0 Å². The minimum atomic E-state index is -0.407. The molecule has 1 heterocycles. The summed E-state index contributed by atoms with van der Waals surface area (Å²) in [4.78, 5) is 11.6. The van der Waals surface area contributed by atoms with Gasteiger partial charge in [0.2, 0.25) is 5.91 Å². The Labute approximate surface area is 109 Å². The largest absolute Gasteiger partial charge is 0.359 e. The Kier molecular flexibility index (Phi) is 4.90. The second kappa shape index (κ2) is 6.00. The van der Waals surface area contributed by atoms with Crippen molar-refractivity contribution in [3.8, 4) is 0 Å². The number of amides is 1. The maximum atomic E-state index is 11.6. The van der Waals surface area contributed by atoms with Crippen molar-refractivity contribution in [3.63, 3.8) is 0 Å². The van der Waals surface area contributed by atoms with E-state index < -0.39 is 5.41 Å². The van der Waals surface area contributed by atoms with Gasteiger partial charge >= 0.3 is 0 Å². The molecule has 0 fully saturated rings. The summed E-state index contributed by atoms with van der Waals surface area (Å²) >= 11 is 0. The number of carbonyl (C=O) groups excluding carboxylic acids is 1. The quantitative estimate of drug-likeness (QED) is 0.803. The van der Waals surface area contributed by atoms with E-state index in [1.807, 2.05) is 30.8 Å². The Balaban J connectivity index is 2.44. The molecule has 0 aromatic carbocycles. The molecule has 0 spiro atoms. The molecule has 102 valence electrons. The van der Waals surface area contributed by atoms with Crippen LogP contribution in [0.1, 0.15) is 39.4 Å². The van der Waals surface area contributed by atoms with Crippen LogP contribution >= 0.6 is 0 Å². The van der Waals surface area contributed by atoms with Crippen LogP contribution in [0.3, 0.4) is 0 Å². The predicted octanol–water partition coefficient (Wildman–Crippen LogP) is 1.33. The van der Waals surface area contributed by atoms with Crippen LogP contribution in [0.15, 0.2) is 12.3 Å². The van der Waals surface area contributed by atoms with E-state index in [1.165, 1.54) is 0 Å². The van der Waals surface area contributed by atoms with Crippen LogP contribution in [-0.2, 0) is 11.3 Å². The molecule has 0 bridgehead atoms. The second-order valence-electron chi connectivity index (χ2n) is 5.45. The van der Waals surface area contributed by atoms with Gasteiger partial charge in [-0.1, -0.05) is 0 Å². The second-order valence-corrected chi connectivity index (χ2v) is 5.45. The highest BCUT2D eigenvalue weighted by atomic mass is 16.2. The van der Waals surface area contributed by atoms with Gasteiger partial charge in [0.25, 0.3) is 0 Å². The average molecular weight is 252 g/mol. The SMILES string of the molecule is CNC(=O)C(C)(C)CNCc1ccn(C(C)C)n1. The van der Waals surface area contributed by atoms with Gasteiger partial charge in [-0.25, -0.2) is 0 Å². The van der Waals surface area contributed by atoms with Crippen LogP contribution in [0, 0.1) is 5.41 Å². The third-order valence-electron chi connectivity index (χ3n) is 2.91. The zero-order chi connectivity index (χ0) is 13.8. The number of nitrogens with zero attached hydrogens (tertiary/aromatic N) is 2. The van der Waals surface area contributed by atoms with Crippen LogP contribution in [0.5, 0.6) is 0 Å². The standard InChI is InChI=1S/C13H24N4O/c1-10(2)17-7-6-11(16-17)8-15-9-13(3,4)12(18)14-5/h6-7,10,15H,8-9H2,1-5H3,(H,14,18). The molecular weight excluding hydrogens is 228 g/mol. The summed E-state index contributed by atoms with van der Waals surface area (Å²) in [6.45, 7) is 9.34. The molecule has 0 atom stereocenters. The molecule has 0 unspecified atom stereocenters. The Morgan fingerprint density at radius 3 is 2.67 bits per heavy atom. The van der Waals surface area contributed by atoms with Gasteiger partial charge in [-0.3, -0.25) is 9.48 Å². The molecule has 0 aliphatic heterocycles. The number of nitrogens with one attached hydrogen (secondary N) is 2. The average Bonchev–Trinajstić information content (AvgIpc) is 2.76. The minimum Gasteiger partial charge on any atom is -0.359 e. The zero-order valence-corrected chi connectivity index (χ0v) is 11.9. The summed E-state index contributed by atoms with van der Waals surface area (Å²) in [6, 6.07) is 2.38. The van der Waals surface area contributed by atoms with E-state index in [-0.39, 0.29) is 5.91 Å². The third kappa shape index (κ3) is 3.84. The van der Waals surface area contributed by atoms with Gasteiger partial charge in [0.15, 0.2) is 0 Å². The Morgan fingerprint density at radius 1 is 1.50 bits per heavy atom. The zero-order valence-electron chi connectivity index (χ0n) is 11.9. The first-order valence-electron chi connectivity index (χ1n) is 6.34. The molecule has 5 nitrogen and oxygen atoms in total. The predicted molar refractivity (Wildman–Crippen MR) is 72.2 cm³/mol. The molecule has 1 aromatic rings. The van der Waals surface area contributed by atoms with Crippen molar-refractivity contribution in [2.24, 2.45) is 5.41 Å². The fraction of sp³-hybridized carbons (Fsp3) is 0.692. The molecule has 0 aliphatic carbocycles. The van der Waals surface area contributed by atoms with Gasteiger partial charge in [-0.05, 0) is 33.8 Å². The van der Waals surface area contributed by atoms with Crippen molar-refractivity contribution in [3.05, 3.63) is 18.0 Å². The first-order chi connectivity index (χ1) is 8.36. The van der Waals surface area contributed by atoms with Crippen LogP contribution < -0.4 is 10.6 Å². The number of hydrogen-bond donors (Lipinski definition) is 2. The third-order valence-corrected chi connectivity index (χ3v) is 2.91. The Morgan fingerprint density at radius 2 is 2.17 bits per heavy atom. The number of carbonyl (C=O) groups is 1. The summed E-state index contributed by atoms with van der Waals surface area (Å²) < 4.78 is 1.93. The lowest BCUT2D eigenvalue weighted by Gasteiger charge is -2.22. The van der Waals surface area contributed by atoms with E-state index >= 15 is 0 Å². The van der Waals surface area contributed by atoms with E-state index in [2.05, 4.69) is 29.6 Å². The molecule has 0 radical (unpaired) electrons. The van der Waals surface area contributed by atoms with Crippen molar-refractivity contribution < 1.29 is 4.79 Å². The highest BCUT2D eigenvalue weighted by Gasteiger charge is 2.25. The fourth-order valence-electron chi connectivity index (χ4n) is 1.68. The van der Waals surface area contributed by atoms with Crippen molar-refractivity contribution in [1.29, 1.82) is 0 Å². The Hall–Kier alpha value is -1.36. The molecule has 0 saturated carbocycles. The molecule has 1 amide bonds. The summed E-state index contributed by atoms with van der Waals surface area (Å²) in [6.07, 6.45) is 1.98. The smallest absolute Gasteiger partial charge is 0.226 e. The van der Waals surface area contributed by atoms with E-state index in [1.54, 1.807) is 7.05 Å². The van der Waals surface area contributed by atoms with Gasteiger partial charge in [0.05, 0.1) is 11.1 Å². The fourth-order valence-corrected chi connectivity index (χ4v) is 1.68. The molecule has 0 aliphatic rings. The number of hydrogen-bond acceptors (Lipinski definition) is 3. The lowest BCUT2D eigenvalue weighted by atomic mass is 9.92. The van der Waals surface area contributed by atoms with E-state index in [9.17, 15) is 4.79 Å². The first kappa shape index (κ1) is 14.7. The van der Waals surface area contributed by atoms with Gasteiger partial charge in [-0.2, -0.15) is 5.10 Å². The van der Waals surface area contributed by atoms with Crippen molar-refractivity contribution in [2.45, 2.75) is 40.3 Å². The minimum absolute atomic E-state index is 0.0442. The lowest BCUT2D eigenvalue weighted by Crippen LogP contribution is -2.41. The monoisotopic (exact) mass is 252 g/mol. The molecule has 2 N–H and O–H groups in total. The van der Waals surface area contributed by atoms with E-state index in [0.717, 1.165) is 5.69 Å². The Bertz CT molecular complexity index is 395. The van der Waals surface area contributed by atoms with Crippen molar-refractivity contribution >= 4 is 5.91 Å². The van der Waals surface area contributed by atoms with Crippen LogP contribution in [-0.4, -0.2) is 29.3 Å².